The topological polar surface area (TPSA) is 76.8 Å². The van der Waals surface area contributed by atoms with Crippen molar-refractivity contribution in [3.8, 4) is 0 Å². The molecule has 5 heteroatoms. The molecular weight excluding hydrogens is 200 g/mol. The molecule has 4 N–H and O–H groups in total. The standard InChI is InChI=1S/C9H20N4.ClH/c1-2-3-4-5-6-7-8-12-13-9(10)11;/h8H,2-7H2,1H3,(H4,10,11,13);1H/b12-8-;. The summed E-state index contributed by atoms with van der Waals surface area (Å²) in [6, 6.07) is 0. The van der Waals surface area contributed by atoms with Gasteiger partial charge < -0.3 is 11.5 Å². The summed E-state index contributed by atoms with van der Waals surface area (Å²) < 4.78 is 0. The lowest BCUT2D eigenvalue weighted by atomic mass is 10.1. The molecule has 0 bridgehead atoms. The fraction of sp³-hybridized carbons (Fsp3) is 0.778. The minimum Gasteiger partial charge on any atom is -0.369 e. The molecule has 14 heavy (non-hydrogen) atoms. The highest BCUT2D eigenvalue weighted by Crippen LogP contribution is 2.03. The van der Waals surface area contributed by atoms with Gasteiger partial charge in [0, 0.05) is 6.21 Å². The number of halogens is 1. The second-order valence-corrected chi connectivity index (χ2v) is 3.03. The Kier molecular flexibility index (Phi) is 13.7. The zero-order valence-electron chi connectivity index (χ0n) is 8.78. The van der Waals surface area contributed by atoms with Crippen molar-refractivity contribution in [3.05, 3.63) is 0 Å². The Bertz CT molecular complexity index is 164. The van der Waals surface area contributed by atoms with Gasteiger partial charge in [-0.3, -0.25) is 0 Å². The molecule has 0 unspecified atom stereocenters. The van der Waals surface area contributed by atoms with Crippen molar-refractivity contribution in [2.75, 3.05) is 0 Å². The monoisotopic (exact) mass is 220 g/mol. The van der Waals surface area contributed by atoms with E-state index in [0.717, 1.165) is 6.42 Å². The van der Waals surface area contributed by atoms with Crippen molar-refractivity contribution in [1.82, 2.24) is 0 Å². The van der Waals surface area contributed by atoms with Gasteiger partial charge in [0.15, 0.2) is 0 Å². The fourth-order valence-electron chi connectivity index (χ4n) is 1.00. The summed E-state index contributed by atoms with van der Waals surface area (Å²) in [5.41, 5.74) is 10.2. The van der Waals surface area contributed by atoms with E-state index in [-0.39, 0.29) is 18.4 Å². The summed E-state index contributed by atoms with van der Waals surface area (Å²) in [4.78, 5) is 0. The highest BCUT2D eigenvalue weighted by Gasteiger charge is 1.86. The Balaban J connectivity index is 0. The van der Waals surface area contributed by atoms with Crippen LogP contribution in [0.5, 0.6) is 0 Å². The molecule has 0 aromatic heterocycles. The smallest absolute Gasteiger partial charge is 0.211 e. The van der Waals surface area contributed by atoms with E-state index in [9.17, 15) is 0 Å². The van der Waals surface area contributed by atoms with Crippen LogP contribution < -0.4 is 11.5 Å². The van der Waals surface area contributed by atoms with Crippen LogP contribution in [0.3, 0.4) is 0 Å². The molecule has 0 fully saturated rings. The maximum absolute atomic E-state index is 5.09. The molecule has 4 nitrogen and oxygen atoms in total. The highest BCUT2D eigenvalue weighted by molar-refractivity contribution is 5.85. The molecule has 0 aliphatic rings. The van der Waals surface area contributed by atoms with Gasteiger partial charge in [-0.2, -0.15) is 5.10 Å². The number of hydrogen-bond acceptors (Lipinski definition) is 2. The minimum atomic E-state index is 0. The lowest BCUT2D eigenvalue weighted by molar-refractivity contribution is 0.645. The number of hydrogen-bond donors (Lipinski definition) is 2. The van der Waals surface area contributed by atoms with Crippen molar-refractivity contribution in [2.45, 2.75) is 45.4 Å². The third-order valence-electron chi connectivity index (χ3n) is 1.69. The van der Waals surface area contributed by atoms with Gasteiger partial charge in [-0.05, 0) is 12.8 Å². The third kappa shape index (κ3) is 13.8. The number of nitrogens with zero attached hydrogens (tertiary/aromatic N) is 2. The van der Waals surface area contributed by atoms with Crippen LogP contribution >= 0.6 is 12.4 Å². The maximum Gasteiger partial charge on any atom is 0.211 e. The van der Waals surface area contributed by atoms with Crippen molar-refractivity contribution in [2.24, 2.45) is 21.7 Å². The summed E-state index contributed by atoms with van der Waals surface area (Å²) in [6.45, 7) is 2.21. The van der Waals surface area contributed by atoms with Gasteiger partial charge >= 0.3 is 0 Å². The van der Waals surface area contributed by atoms with Crippen molar-refractivity contribution in [1.29, 1.82) is 0 Å². The van der Waals surface area contributed by atoms with Crippen LogP contribution in [0.25, 0.3) is 0 Å². The summed E-state index contributed by atoms with van der Waals surface area (Å²) in [5.74, 6) is 0.0160. The predicted octanol–water partition coefficient (Wildman–Crippen LogP) is 2.03. The van der Waals surface area contributed by atoms with Crippen LogP contribution in [0, 0.1) is 0 Å². The summed E-state index contributed by atoms with van der Waals surface area (Å²) in [5, 5.41) is 7.20. The van der Waals surface area contributed by atoms with E-state index >= 15 is 0 Å². The molecule has 0 heterocycles. The van der Waals surface area contributed by atoms with Crippen molar-refractivity contribution in [3.63, 3.8) is 0 Å². The van der Waals surface area contributed by atoms with Crippen molar-refractivity contribution >= 4 is 24.6 Å². The first-order chi connectivity index (χ1) is 6.27. The molecule has 0 spiro atoms. The third-order valence-corrected chi connectivity index (χ3v) is 1.69. The number of guanidine groups is 1. The maximum atomic E-state index is 5.09. The molecule has 0 atom stereocenters. The molecule has 0 amide bonds. The van der Waals surface area contributed by atoms with E-state index < -0.39 is 0 Å². The van der Waals surface area contributed by atoms with E-state index in [1.165, 1.54) is 32.1 Å². The summed E-state index contributed by atoms with van der Waals surface area (Å²) in [7, 11) is 0. The molecule has 0 radical (unpaired) electrons. The van der Waals surface area contributed by atoms with Crippen LogP contribution in [0.2, 0.25) is 0 Å². The molecular formula is C9H21ClN4. The average molecular weight is 221 g/mol. The van der Waals surface area contributed by atoms with Gasteiger partial charge in [-0.1, -0.05) is 32.6 Å². The van der Waals surface area contributed by atoms with Gasteiger partial charge in [0.05, 0.1) is 0 Å². The van der Waals surface area contributed by atoms with E-state index in [1.54, 1.807) is 6.21 Å². The lowest BCUT2D eigenvalue weighted by Gasteiger charge is -1.94. The average Bonchev–Trinajstić information content (AvgIpc) is 2.09. The number of rotatable bonds is 7. The zero-order chi connectivity index (χ0) is 9.94. The van der Waals surface area contributed by atoms with Crippen LogP contribution in [0.4, 0.5) is 0 Å². The lowest BCUT2D eigenvalue weighted by Crippen LogP contribution is -2.21. The SMILES string of the molecule is CCCCCCC/C=N\N=C(N)N.Cl. The fourth-order valence-corrected chi connectivity index (χ4v) is 1.00. The second kappa shape index (κ2) is 12.2. The van der Waals surface area contributed by atoms with E-state index in [2.05, 4.69) is 17.1 Å². The zero-order valence-corrected chi connectivity index (χ0v) is 9.59. The molecule has 0 aromatic carbocycles. The van der Waals surface area contributed by atoms with Gasteiger partial charge in [0.25, 0.3) is 0 Å². The second-order valence-electron chi connectivity index (χ2n) is 3.03. The minimum absolute atomic E-state index is 0. The van der Waals surface area contributed by atoms with Gasteiger partial charge in [0.1, 0.15) is 0 Å². The molecule has 0 aromatic rings. The quantitative estimate of drug-likeness (QED) is 0.298. The Labute approximate surface area is 92.3 Å². The predicted molar refractivity (Wildman–Crippen MR) is 64.9 cm³/mol. The number of nitrogens with two attached hydrogens (primary N) is 2. The van der Waals surface area contributed by atoms with E-state index in [0.29, 0.717) is 0 Å². The largest absolute Gasteiger partial charge is 0.369 e. The molecule has 0 rings (SSSR count). The Hall–Kier alpha value is -0.770. The Morgan fingerprint density at radius 2 is 1.79 bits per heavy atom. The normalized spacial score (nSPS) is 9.79. The van der Waals surface area contributed by atoms with Crippen molar-refractivity contribution < 1.29 is 0 Å². The van der Waals surface area contributed by atoms with E-state index in [1.807, 2.05) is 0 Å². The number of unbranched alkanes of at least 4 members (excludes halogenated alkanes) is 5. The van der Waals surface area contributed by atoms with Crippen LogP contribution in [-0.2, 0) is 0 Å². The molecule has 0 aliphatic heterocycles. The molecule has 0 saturated heterocycles. The van der Waals surface area contributed by atoms with Crippen LogP contribution in [0.15, 0.2) is 10.2 Å². The van der Waals surface area contributed by atoms with Gasteiger partial charge in [-0.15, -0.1) is 17.5 Å². The summed E-state index contributed by atoms with van der Waals surface area (Å²) >= 11 is 0. The molecule has 0 aliphatic carbocycles. The highest BCUT2D eigenvalue weighted by atomic mass is 35.5. The van der Waals surface area contributed by atoms with E-state index in [4.69, 9.17) is 11.5 Å². The van der Waals surface area contributed by atoms with Crippen LogP contribution in [-0.4, -0.2) is 12.2 Å². The van der Waals surface area contributed by atoms with Gasteiger partial charge in [-0.25, -0.2) is 0 Å². The first-order valence-corrected chi connectivity index (χ1v) is 4.87. The molecule has 0 saturated carbocycles. The first-order valence-electron chi connectivity index (χ1n) is 4.87. The summed E-state index contributed by atoms with van der Waals surface area (Å²) in [6.07, 6.45) is 9.07. The van der Waals surface area contributed by atoms with Gasteiger partial charge in [0.2, 0.25) is 5.96 Å². The van der Waals surface area contributed by atoms with Crippen LogP contribution in [0.1, 0.15) is 45.4 Å². The Morgan fingerprint density at radius 3 is 2.36 bits per heavy atom. The first kappa shape index (κ1) is 15.7. The Morgan fingerprint density at radius 1 is 1.14 bits per heavy atom. The molecule has 84 valence electrons.